The largest absolute Gasteiger partial charge is 0.305 e. The molecular weight excluding hydrogens is 306 g/mol. The third-order valence-electron chi connectivity index (χ3n) is 4.88. The molecule has 3 atom stereocenters. The molecule has 1 aliphatic carbocycles. The summed E-state index contributed by atoms with van der Waals surface area (Å²) in [7, 11) is 1.99. The van der Waals surface area contributed by atoms with Crippen molar-refractivity contribution in [2.45, 2.75) is 5.92 Å². The molecule has 0 bridgehead atoms. The van der Waals surface area contributed by atoms with Gasteiger partial charge in [-0.2, -0.15) is 27.1 Å². The summed E-state index contributed by atoms with van der Waals surface area (Å²) >= 11 is 1.52. The quantitative estimate of drug-likeness (QED) is 0.803. The van der Waals surface area contributed by atoms with E-state index in [4.69, 9.17) is 5.41 Å². The monoisotopic (exact) mass is 321 g/mol. The Morgan fingerprint density at radius 2 is 2.09 bits per heavy atom. The molecule has 23 heavy (non-hydrogen) atoms. The average Bonchev–Trinajstić information content (AvgIpc) is 3.08. The van der Waals surface area contributed by atoms with E-state index < -0.39 is 17.3 Å². The van der Waals surface area contributed by atoms with Gasteiger partial charge in [0.2, 0.25) is 0 Å². The summed E-state index contributed by atoms with van der Waals surface area (Å²) in [5.74, 6) is -1.28. The second-order valence-electron chi connectivity index (χ2n) is 6.07. The third-order valence-corrected chi connectivity index (χ3v) is 5.58. The van der Waals surface area contributed by atoms with Crippen molar-refractivity contribution < 1.29 is 0 Å². The molecule has 2 aliphatic rings. The molecule has 1 saturated carbocycles. The van der Waals surface area contributed by atoms with Crippen LogP contribution in [0.4, 0.5) is 0 Å². The van der Waals surface area contributed by atoms with Crippen LogP contribution in [0.3, 0.4) is 0 Å². The second-order valence-corrected chi connectivity index (χ2v) is 6.85. The predicted molar refractivity (Wildman–Crippen MR) is 86.6 cm³/mol. The van der Waals surface area contributed by atoms with Crippen LogP contribution in [0.1, 0.15) is 11.5 Å². The minimum absolute atomic E-state index is 0.0757. The fourth-order valence-corrected chi connectivity index (χ4v) is 4.48. The Kier molecular flexibility index (Phi) is 3.78. The number of thiophene rings is 1. The van der Waals surface area contributed by atoms with Crippen LogP contribution in [-0.2, 0) is 0 Å². The first-order chi connectivity index (χ1) is 11.1. The van der Waals surface area contributed by atoms with Gasteiger partial charge < -0.3 is 10.3 Å². The standard InChI is InChI=1S/C17H15N5S/c1-22-4-2-12-13(6-18)16(21)17(9-19,10-20)15(14(12)7-22)11-3-5-23-8-11/h2-3,5,8,13-15,21H,4,7H2,1H3/t13?,14-,15-/m0/s1. The Morgan fingerprint density at radius 1 is 1.35 bits per heavy atom. The Bertz CT molecular complexity index is 772. The summed E-state index contributed by atoms with van der Waals surface area (Å²) in [4.78, 5) is 2.12. The molecule has 0 spiro atoms. The van der Waals surface area contributed by atoms with Gasteiger partial charge in [0, 0.05) is 24.9 Å². The lowest BCUT2D eigenvalue weighted by molar-refractivity contribution is 0.235. The number of rotatable bonds is 1. The predicted octanol–water partition coefficient (Wildman–Crippen LogP) is 2.53. The molecule has 1 aromatic rings. The van der Waals surface area contributed by atoms with Crippen molar-refractivity contribution in [2.75, 3.05) is 20.1 Å². The molecule has 1 aliphatic heterocycles. The molecule has 6 heteroatoms. The van der Waals surface area contributed by atoms with Gasteiger partial charge >= 0.3 is 0 Å². The fraction of sp³-hybridized carbons (Fsp3) is 0.412. The van der Waals surface area contributed by atoms with Crippen LogP contribution in [0.5, 0.6) is 0 Å². The summed E-state index contributed by atoms with van der Waals surface area (Å²) in [5.41, 5.74) is 0.147. The van der Waals surface area contributed by atoms with E-state index in [0.717, 1.165) is 17.7 Å². The van der Waals surface area contributed by atoms with Gasteiger partial charge in [0.1, 0.15) is 5.92 Å². The normalized spacial score (nSPS) is 29.6. The summed E-state index contributed by atoms with van der Waals surface area (Å²) in [6, 6.07) is 8.25. The topological polar surface area (TPSA) is 98.5 Å². The molecule has 5 nitrogen and oxygen atoms in total. The van der Waals surface area contributed by atoms with Crippen molar-refractivity contribution in [2.24, 2.45) is 17.3 Å². The summed E-state index contributed by atoms with van der Waals surface area (Å²) in [5, 5.41) is 41.4. The highest BCUT2D eigenvalue weighted by atomic mass is 32.1. The van der Waals surface area contributed by atoms with E-state index in [9.17, 15) is 15.8 Å². The summed E-state index contributed by atoms with van der Waals surface area (Å²) in [6.07, 6.45) is 1.99. The van der Waals surface area contributed by atoms with Crippen molar-refractivity contribution in [1.82, 2.24) is 4.90 Å². The van der Waals surface area contributed by atoms with Crippen LogP contribution in [0.15, 0.2) is 28.5 Å². The molecule has 1 fully saturated rings. The molecule has 0 amide bonds. The smallest absolute Gasteiger partial charge is 0.189 e. The summed E-state index contributed by atoms with van der Waals surface area (Å²) in [6.45, 7) is 1.41. The Hall–Kier alpha value is -2.46. The first-order valence-electron chi connectivity index (χ1n) is 7.30. The van der Waals surface area contributed by atoms with Gasteiger partial charge in [-0.15, -0.1) is 0 Å². The van der Waals surface area contributed by atoms with Crippen LogP contribution >= 0.6 is 11.3 Å². The van der Waals surface area contributed by atoms with Gasteiger partial charge in [-0.05, 0) is 35.0 Å². The first-order valence-corrected chi connectivity index (χ1v) is 8.25. The fourth-order valence-electron chi connectivity index (χ4n) is 3.78. The maximum Gasteiger partial charge on any atom is 0.189 e. The lowest BCUT2D eigenvalue weighted by Gasteiger charge is -2.47. The van der Waals surface area contributed by atoms with Crippen molar-refractivity contribution in [1.29, 1.82) is 21.2 Å². The average molecular weight is 321 g/mol. The molecule has 3 rings (SSSR count). The molecule has 1 N–H and O–H groups in total. The van der Waals surface area contributed by atoms with Crippen molar-refractivity contribution in [3.05, 3.63) is 34.0 Å². The molecule has 0 radical (unpaired) electrons. The van der Waals surface area contributed by atoms with Crippen LogP contribution in [0.2, 0.25) is 0 Å². The van der Waals surface area contributed by atoms with E-state index in [1.807, 2.05) is 30.0 Å². The molecule has 114 valence electrons. The zero-order valence-corrected chi connectivity index (χ0v) is 13.5. The maximum absolute atomic E-state index is 9.80. The Labute approximate surface area is 139 Å². The SMILES string of the molecule is CN1CC=C2C(C#N)C(=N)C(C#N)(C#N)[C@@H](c3ccsc3)[C@H]2C1. The highest BCUT2D eigenvalue weighted by Gasteiger charge is 2.57. The van der Waals surface area contributed by atoms with Gasteiger partial charge in [0.25, 0.3) is 0 Å². The number of nitrogens with zero attached hydrogens (tertiary/aromatic N) is 4. The maximum atomic E-state index is 9.80. The van der Waals surface area contributed by atoms with E-state index >= 15 is 0 Å². The highest BCUT2D eigenvalue weighted by Crippen LogP contribution is 2.53. The van der Waals surface area contributed by atoms with E-state index in [-0.39, 0.29) is 11.6 Å². The number of fused-ring (bicyclic) bond motifs is 1. The third kappa shape index (κ3) is 2.10. The van der Waals surface area contributed by atoms with Gasteiger partial charge in [0.15, 0.2) is 5.41 Å². The molecule has 1 aromatic heterocycles. The lowest BCUT2D eigenvalue weighted by atomic mass is 9.54. The highest BCUT2D eigenvalue weighted by molar-refractivity contribution is 7.08. The number of nitriles is 3. The van der Waals surface area contributed by atoms with Crippen molar-refractivity contribution in [3.8, 4) is 18.2 Å². The minimum Gasteiger partial charge on any atom is -0.305 e. The van der Waals surface area contributed by atoms with E-state index in [1.54, 1.807) is 0 Å². The Balaban J connectivity index is 2.25. The molecule has 0 aromatic carbocycles. The second kappa shape index (κ2) is 5.63. The lowest BCUT2D eigenvalue weighted by Crippen LogP contribution is -2.52. The Morgan fingerprint density at radius 3 is 2.65 bits per heavy atom. The zero-order chi connectivity index (χ0) is 16.6. The number of hydrogen-bond donors (Lipinski definition) is 1. The van der Waals surface area contributed by atoms with Crippen molar-refractivity contribution in [3.63, 3.8) is 0 Å². The number of nitrogens with one attached hydrogen (secondary N) is 1. The van der Waals surface area contributed by atoms with Crippen LogP contribution < -0.4 is 0 Å². The minimum atomic E-state index is -1.58. The molecule has 2 heterocycles. The van der Waals surface area contributed by atoms with Gasteiger partial charge in [-0.25, -0.2) is 0 Å². The summed E-state index contributed by atoms with van der Waals surface area (Å²) < 4.78 is 0. The first kappa shape index (κ1) is 15.4. The van der Waals surface area contributed by atoms with E-state index in [0.29, 0.717) is 6.54 Å². The molecule has 0 saturated heterocycles. The van der Waals surface area contributed by atoms with Gasteiger partial charge in [-0.1, -0.05) is 6.08 Å². The number of hydrogen-bond acceptors (Lipinski definition) is 6. The van der Waals surface area contributed by atoms with E-state index in [2.05, 4.69) is 23.1 Å². The van der Waals surface area contributed by atoms with E-state index in [1.165, 1.54) is 11.3 Å². The van der Waals surface area contributed by atoms with Crippen molar-refractivity contribution >= 4 is 17.0 Å². The van der Waals surface area contributed by atoms with Crippen LogP contribution in [-0.4, -0.2) is 30.7 Å². The van der Waals surface area contributed by atoms with Crippen LogP contribution in [0, 0.1) is 56.7 Å². The van der Waals surface area contributed by atoms with Gasteiger partial charge in [-0.3, -0.25) is 0 Å². The molecular formula is C17H15N5S. The van der Waals surface area contributed by atoms with Crippen LogP contribution in [0.25, 0.3) is 0 Å². The van der Waals surface area contributed by atoms with Gasteiger partial charge in [0.05, 0.1) is 23.9 Å². The molecule has 1 unspecified atom stereocenters. The zero-order valence-electron chi connectivity index (χ0n) is 12.7. The number of likely N-dealkylation sites (N-methyl/N-ethyl adjacent to an activating group) is 1.